The number of halogens is 1. The van der Waals surface area contributed by atoms with E-state index in [0.29, 0.717) is 5.92 Å². The maximum absolute atomic E-state index is 13.0. The summed E-state index contributed by atoms with van der Waals surface area (Å²) in [5, 5.41) is 10.1. The van der Waals surface area contributed by atoms with Crippen LogP contribution in [0.1, 0.15) is 43.8 Å². The Kier molecular flexibility index (Phi) is 3.37. The smallest absolute Gasteiger partial charge is 0.123 e. The number of aliphatic hydroxyl groups excluding tert-OH is 1. The van der Waals surface area contributed by atoms with Gasteiger partial charge in [-0.15, -0.1) is 0 Å². The second-order valence-corrected chi connectivity index (χ2v) is 4.40. The van der Waals surface area contributed by atoms with Gasteiger partial charge in [0.05, 0.1) is 6.10 Å². The zero-order valence-corrected chi connectivity index (χ0v) is 8.82. The molecular weight excluding hydrogens is 191 g/mol. The maximum Gasteiger partial charge on any atom is 0.123 e. The van der Waals surface area contributed by atoms with E-state index in [2.05, 4.69) is 0 Å². The summed E-state index contributed by atoms with van der Waals surface area (Å²) < 4.78 is 13.0. The van der Waals surface area contributed by atoms with Crippen molar-refractivity contribution < 1.29 is 9.50 Å². The Balaban J connectivity index is 2.08. The van der Waals surface area contributed by atoms with Crippen LogP contribution in [0.15, 0.2) is 24.3 Å². The van der Waals surface area contributed by atoms with Crippen LogP contribution in [0.3, 0.4) is 0 Å². The summed E-state index contributed by atoms with van der Waals surface area (Å²) in [6.45, 7) is 0. The molecule has 0 radical (unpaired) electrons. The van der Waals surface area contributed by atoms with E-state index in [1.807, 2.05) is 6.07 Å². The van der Waals surface area contributed by atoms with Crippen LogP contribution < -0.4 is 0 Å². The number of aliphatic hydroxyl groups is 1. The lowest BCUT2D eigenvalue weighted by Gasteiger charge is -2.26. The maximum atomic E-state index is 13.0. The Hall–Kier alpha value is -0.890. The average molecular weight is 208 g/mol. The van der Waals surface area contributed by atoms with Crippen molar-refractivity contribution in [3.63, 3.8) is 0 Å². The van der Waals surface area contributed by atoms with Gasteiger partial charge in [-0.2, -0.15) is 0 Å². The van der Waals surface area contributed by atoms with E-state index >= 15 is 0 Å². The Morgan fingerprint density at radius 3 is 2.60 bits per heavy atom. The highest BCUT2D eigenvalue weighted by atomic mass is 19.1. The van der Waals surface area contributed by atoms with Gasteiger partial charge in [-0.25, -0.2) is 4.39 Å². The summed E-state index contributed by atoms with van der Waals surface area (Å²) in [5.41, 5.74) is 0.724. The molecule has 1 saturated carbocycles. The van der Waals surface area contributed by atoms with E-state index in [4.69, 9.17) is 0 Å². The molecule has 1 atom stereocenters. The van der Waals surface area contributed by atoms with Crippen molar-refractivity contribution in [3.05, 3.63) is 35.6 Å². The Bertz CT molecular complexity index is 318. The van der Waals surface area contributed by atoms with Gasteiger partial charge in [0.25, 0.3) is 0 Å². The van der Waals surface area contributed by atoms with Crippen molar-refractivity contribution in [2.24, 2.45) is 5.92 Å². The van der Waals surface area contributed by atoms with Gasteiger partial charge in [-0.3, -0.25) is 0 Å². The quantitative estimate of drug-likeness (QED) is 0.789. The SMILES string of the molecule is O[C@@H](c1cccc(F)c1)C1CCCCC1. The van der Waals surface area contributed by atoms with E-state index in [0.717, 1.165) is 18.4 Å². The van der Waals surface area contributed by atoms with Crippen LogP contribution in [0.5, 0.6) is 0 Å². The summed E-state index contributed by atoms with van der Waals surface area (Å²) >= 11 is 0. The third kappa shape index (κ3) is 2.57. The number of rotatable bonds is 2. The molecule has 0 bridgehead atoms. The molecule has 0 unspecified atom stereocenters. The van der Waals surface area contributed by atoms with E-state index in [1.54, 1.807) is 6.07 Å². The molecule has 1 aromatic carbocycles. The van der Waals surface area contributed by atoms with Crippen molar-refractivity contribution in [2.45, 2.75) is 38.2 Å². The number of benzene rings is 1. The highest BCUT2D eigenvalue weighted by Crippen LogP contribution is 2.34. The van der Waals surface area contributed by atoms with Crippen LogP contribution in [0, 0.1) is 11.7 Å². The molecule has 0 spiro atoms. The first-order valence-electron chi connectivity index (χ1n) is 5.71. The minimum atomic E-state index is -0.485. The van der Waals surface area contributed by atoms with E-state index in [-0.39, 0.29) is 5.82 Å². The van der Waals surface area contributed by atoms with Crippen LogP contribution >= 0.6 is 0 Å². The molecular formula is C13H17FO. The predicted octanol–water partition coefficient (Wildman–Crippen LogP) is 3.44. The summed E-state index contributed by atoms with van der Waals surface area (Å²) in [7, 11) is 0. The van der Waals surface area contributed by atoms with Gasteiger partial charge in [0.1, 0.15) is 5.82 Å². The van der Waals surface area contributed by atoms with Crippen molar-refractivity contribution in [2.75, 3.05) is 0 Å². The van der Waals surface area contributed by atoms with Crippen LogP contribution in [-0.2, 0) is 0 Å². The minimum absolute atomic E-state index is 0.262. The van der Waals surface area contributed by atoms with Gasteiger partial charge in [-0.1, -0.05) is 31.4 Å². The molecule has 82 valence electrons. The Morgan fingerprint density at radius 2 is 1.93 bits per heavy atom. The van der Waals surface area contributed by atoms with Gasteiger partial charge in [0.2, 0.25) is 0 Å². The molecule has 0 saturated heterocycles. The fourth-order valence-corrected chi connectivity index (χ4v) is 2.41. The summed E-state index contributed by atoms with van der Waals surface area (Å²) in [5.74, 6) is 0.0582. The van der Waals surface area contributed by atoms with Crippen LogP contribution in [0.4, 0.5) is 4.39 Å². The molecule has 1 N–H and O–H groups in total. The number of hydrogen-bond donors (Lipinski definition) is 1. The average Bonchev–Trinajstić information content (AvgIpc) is 2.29. The van der Waals surface area contributed by atoms with Crippen molar-refractivity contribution >= 4 is 0 Å². The first-order chi connectivity index (χ1) is 7.27. The predicted molar refractivity (Wildman–Crippen MR) is 57.9 cm³/mol. The van der Waals surface area contributed by atoms with Gasteiger partial charge >= 0.3 is 0 Å². The molecule has 0 heterocycles. The first-order valence-corrected chi connectivity index (χ1v) is 5.71. The van der Waals surface area contributed by atoms with E-state index < -0.39 is 6.10 Å². The highest BCUT2D eigenvalue weighted by molar-refractivity contribution is 5.19. The lowest BCUT2D eigenvalue weighted by atomic mass is 9.83. The zero-order valence-electron chi connectivity index (χ0n) is 8.82. The largest absolute Gasteiger partial charge is 0.388 e. The fourth-order valence-electron chi connectivity index (χ4n) is 2.41. The topological polar surface area (TPSA) is 20.2 Å². The van der Waals surface area contributed by atoms with E-state index in [1.165, 1.54) is 31.4 Å². The molecule has 0 amide bonds. The molecule has 0 aromatic heterocycles. The molecule has 2 heteroatoms. The fraction of sp³-hybridized carbons (Fsp3) is 0.538. The third-order valence-corrected chi connectivity index (χ3v) is 3.29. The van der Waals surface area contributed by atoms with Crippen LogP contribution in [0.2, 0.25) is 0 Å². The van der Waals surface area contributed by atoms with Crippen molar-refractivity contribution in [1.82, 2.24) is 0 Å². The van der Waals surface area contributed by atoms with Crippen molar-refractivity contribution in [1.29, 1.82) is 0 Å². The van der Waals surface area contributed by atoms with Crippen molar-refractivity contribution in [3.8, 4) is 0 Å². The monoisotopic (exact) mass is 208 g/mol. The molecule has 1 fully saturated rings. The highest BCUT2D eigenvalue weighted by Gasteiger charge is 2.22. The van der Waals surface area contributed by atoms with Gasteiger partial charge in [0.15, 0.2) is 0 Å². The lowest BCUT2D eigenvalue weighted by molar-refractivity contribution is 0.0846. The standard InChI is InChI=1S/C13H17FO/c14-12-8-4-7-11(9-12)13(15)10-5-2-1-3-6-10/h4,7-10,13,15H,1-3,5-6H2/t13-/m1/s1. The third-order valence-electron chi connectivity index (χ3n) is 3.29. The molecule has 0 aliphatic heterocycles. The second-order valence-electron chi connectivity index (χ2n) is 4.40. The summed E-state index contributed by atoms with van der Waals surface area (Å²) in [6.07, 6.45) is 5.30. The molecule has 1 nitrogen and oxygen atoms in total. The minimum Gasteiger partial charge on any atom is -0.388 e. The van der Waals surface area contributed by atoms with Gasteiger partial charge < -0.3 is 5.11 Å². The molecule has 1 aromatic rings. The molecule has 1 aliphatic rings. The zero-order chi connectivity index (χ0) is 10.7. The van der Waals surface area contributed by atoms with E-state index in [9.17, 15) is 9.50 Å². The van der Waals surface area contributed by atoms with Crippen LogP contribution in [-0.4, -0.2) is 5.11 Å². The summed E-state index contributed by atoms with van der Waals surface area (Å²) in [6, 6.07) is 6.33. The molecule has 2 rings (SSSR count). The molecule has 15 heavy (non-hydrogen) atoms. The van der Waals surface area contributed by atoms with Gasteiger partial charge in [-0.05, 0) is 36.5 Å². The molecule has 1 aliphatic carbocycles. The second kappa shape index (κ2) is 4.75. The Labute approximate surface area is 89.9 Å². The summed E-state index contributed by atoms with van der Waals surface area (Å²) in [4.78, 5) is 0. The van der Waals surface area contributed by atoms with Crippen LogP contribution in [0.25, 0.3) is 0 Å². The normalized spacial score (nSPS) is 20.1. The number of hydrogen-bond acceptors (Lipinski definition) is 1. The van der Waals surface area contributed by atoms with Gasteiger partial charge in [0, 0.05) is 0 Å². The first kappa shape index (κ1) is 10.6. The Morgan fingerprint density at radius 1 is 1.20 bits per heavy atom. The lowest BCUT2D eigenvalue weighted by Crippen LogP contribution is -2.15.